The predicted molar refractivity (Wildman–Crippen MR) is 63.3 cm³/mol. The Morgan fingerprint density at radius 3 is 2.79 bits per heavy atom. The van der Waals surface area contributed by atoms with Crippen molar-refractivity contribution in [3.8, 4) is 0 Å². The van der Waals surface area contributed by atoms with Crippen molar-refractivity contribution in [3.05, 3.63) is 32.8 Å². The SMILES string of the molecule is Cc1cc(Br)c(CC(Cl)C=O)cc1Cl. The number of hydrogen-bond donors (Lipinski definition) is 0. The van der Waals surface area contributed by atoms with Gasteiger partial charge in [-0.25, -0.2) is 0 Å². The Morgan fingerprint density at radius 1 is 1.57 bits per heavy atom. The van der Waals surface area contributed by atoms with E-state index in [0.717, 1.165) is 21.9 Å². The molecular formula is C10H9BrCl2O. The lowest BCUT2D eigenvalue weighted by Gasteiger charge is -2.07. The summed E-state index contributed by atoms with van der Waals surface area (Å²) in [6, 6.07) is 3.76. The van der Waals surface area contributed by atoms with Gasteiger partial charge in [0.15, 0.2) is 0 Å². The minimum Gasteiger partial charge on any atom is -0.302 e. The Morgan fingerprint density at radius 2 is 2.21 bits per heavy atom. The normalized spacial score (nSPS) is 12.6. The van der Waals surface area contributed by atoms with Gasteiger partial charge in [0.1, 0.15) is 6.29 Å². The highest BCUT2D eigenvalue weighted by Crippen LogP contribution is 2.26. The van der Waals surface area contributed by atoms with Crippen molar-refractivity contribution in [2.24, 2.45) is 0 Å². The molecule has 0 saturated carbocycles. The van der Waals surface area contributed by atoms with Gasteiger partial charge in [-0.05, 0) is 36.6 Å². The van der Waals surface area contributed by atoms with E-state index in [1.807, 2.05) is 19.1 Å². The van der Waals surface area contributed by atoms with Crippen LogP contribution in [-0.4, -0.2) is 11.7 Å². The number of hydrogen-bond acceptors (Lipinski definition) is 1. The third kappa shape index (κ3) is 2.97. The molecule has 0 heterocycles. The van der Waals surface area contributed by atoms with Crippen molar-refractivity contribution in [2.45, 2.75) is 18.7 Å². The number of halogens is 3. The molecule has 0 N–H and O–H groups in total. The van der Waals surface area contributed by atoms with Crippen molar-refractivity contribution in [3.63, 3.8) is 0 Å². The van der Waals surface area contributed by atoms with Gasteiger partial charge in [-0.2, -0.15) is 0 Å². The average Bonchev–Trinajstić information content (AvgIpc) is 2.14. The first-order chi connectivity index (χ1) is 6.54. The Bertz CT molecular complexity index is 352. The van der Waals surface area contributed by atoms with Gasteiger partial charge in [0, 0.05) is 9.50 Å². The van der Waals surface area contributed by atoms with E-state index in [2.05, 4.69) is 15.9 Å². The van der Waals surface area contributed by atoms with Crippen LogP contribution in [0, 0.1) is 6.92 Å². The fraction of sp³-hybridized carbons (Fsp3) is 0.300. The van der Waals surface area contributed by atoms with E-state index in [9.17, 15) is 4.79 Å². The summed E-state index contributed by atoms with van der Waals surface area (Å²) < 4.78 is 0.937. The van der Waals surface area contributed by atoms with E-state index in [0.29, 0.717) is 11.4 Å². The molecule has 1 aromatic rings. The molecule has 0 aliphatic rings. The van der Waals surface area contributed by atoms with Crippen LogP contribution in [0.1, 0.15) is 11.1 Å². The second-order valence-corrected chi connectivity index (χ2v) is 4.87. The lowest BCUT2D eigenvalue weighted by Crippen LogP contribution is -2.05. The van der Waals surface area contributed by atoms with E-state index < -0.39 is 5.38 Å². The Labute approximate surface area is 102 Å². The summed E-state index contributed by atoms with van der Waals surface area (Å²) in [5.41, 5.74) is 1.95. The van der Waals surface area contributed by atoms with Crippen LogP contribution >= 0.6 is 39.1 Å². The zero-order valence-corrected chi connectivity index (χ0v) is 10.7. The highest BCUT2D eigenvalue weighted by atomic mass is 79.9. The molecule has 0 aliphatic heterocycles. The molecule has 1 unspecified atom stereocenters. The number of carbonyl (C=O) groups is 1. The first kappa shape index (κ1) is 12.0. The Balaban J connectivity index is 2.97. The van der Waals surface area contributed by atoms with Gasteiger partial charge in [-0.15, -0.1) is 11.6 Å². The van der Waals surface area contributed by atoms with Gasteiger partial charge in [-0.1, -0.05) is 27.5 Å². The van der Waals surface area contributed by atoms with Crippen LogP contribution in [0.3, 0.4) is 0 Å². The molecule has 0 saturated heterocycles. The van der Waals surface area contributed by atoms with Crippen molar-refractivity contribution >= 4 is 45.4 Å². The average molecular weight is 296 g/mol. The molecule has 0 fully saturated rings. The lowest BCUT2D eigenvalue weighted by atomic mass is 10.1. The summed E-state index contributed by atoms with van der Waals surface area (Å²) in [6.45, 7) is 1.93. The van der Waals surface area contributed by atoms with Gasteiger partial charge in [0.2, 0.25) is 0 Å². The van der Waals surface area contributed by atoms with E-state index in [-0.39, 0.29) is 0 Å². The molecule has 0 amide bonds. The molecule has 1 rings (SSSR count). The lowest BCUT2D eigenvalue weighted by molar-refractivity contribution is -0.107. The van der Waals surface area contributed by atoms with E-state index in [4.69, 9.17) is 23.2 Å². The second kappa shape index (κ2) is 5.15. The van der Waals surface area contributed by atoms with Gasteiger partial charge >= 0.3 is 0 Å². The van der Waals surface area contributed by atoms with Crippen LogP contribution in [0.15, 0.2) is 16.6 Å². The number of aldehydes is 1. The molecule has 14 heavy (non-hydrogen) atoms. The predicted octanol–water partition coefficient (Wildman–Crippen LogP) is 3.76. The molecule has 0 aromatic heterocycles. The van der Waals surface area contributed by atoms with Crippen molar-refractivity contribution < 1.29 is 4.79 Å². The fourth-order valence-corrected chi connectivity index (χ4v) is 2.07. The van der Waals surface area contributed by atoms with Crippen LogP contribution in [0.4, 0.5) is 0 Å². The van der Waals surface area contributed by atoms with Crippen LogP contribution in [-0.2, 0) is 11.2 Å². The molecule has 4 heteroatoms. The Hall–Kier alpha value is -0.0500. The van der Waals surface area contributed by atoms with Gasteiger partial charge in [0.05, 0.1) is 5.38 Å². The standard InChI is InChI=1S/C10H9BrCl2O/c1-6-2-9(11)7(4-10(6)13)3-8(12)5-14/h2,4-5,8H,3H2,1H3. The third-order valence-corrected chi connectivity index (χ3v) is 3.29. The van der Waals surface area contributed by atoms with Crippen molar-refractivity contribution in [1.82, 2.24) is 0 Å². The maximum absolute atomic E-state index is 10.4. The molecule has 0 spiro atoms. The van der Waals surface area contributed by atoms with E-state index in [1.165, 1.54) is 0 Å². The third-order valence-electron chi connectivity index (χ3n) is 1.89. The monoisotopic (exact) mass is 294 g/mol. The summed E-state index contributed by atoms with van der Waals surface area (Å²) in [6.07, 6.45) is 1.22. The fourth-order valence-electron chi connectivity index (χ4n) is 1.10. The van der Waals surface area contributed by atoms with E-state index in [1.54, 1.807) is 0 Å². The van der Waals surface area contributed by atoms with Crippen molar-refractivity contribution in [2.75, 3.05) is 0 Å². The summed E-state index contributed by atoms with van der Waals surface area (Å²) in [7, 11) is 0. The summed E-state index contributed by atoms with van der Waals surface area (Å²) in [5.74, 6) is 0. The number of carbonyl (C=O) groups excluding carboxylic acids is 1. The minimum atomic E-state index is -0.495. The molecule has 76 valence electrons. The first-order valence-electron chi connectivity index (χ1n) is 4.08. The molecule has 0 aliphatic carbocycles. The van der Waals surface area contributed by atoms with Crippen LogP contribution in [0.5, 0.6) is 0 Å². The van der Waals surface area contributed by atoms with Gasteiger partial charge in [0.25, 0.3) is 0 Å². The number of alkyl halides is 1. The zero-order chi connectivity index (χ0) is 10.7. The second-order valence-electron chi connectivity index (χ2n) is 3.05. The Kier molecular flexibility index (Phi) is 4.42. The number of rotatable bonds is 3. The summed E-state index contributed by atoms with van der Waals surface area (Å²) >= 11 is 15.1. The van der Waals surface area contributed by atoms with Crippen LogP contribution in [0.25, 0.3) is 0 Å². The van der Waals surface area contributed by atoms with Gasteiger partial charge < -0.3 is 4.79 Å². The molecule has 0 bridgehead atoms. The molecule has 1 aromatic carbocycles. The maximum atomic E-state index is 10.4. The molecule has 1 nitrogen and oxygen atoms in total. The van der Waals surface area contributed by atoms with Gasteiger partial charge in [-0.3, -0.25) is 0 Å². The van der Waals surface area contributed by atoms with Crippen molar-refractivity contribution in [1.29, 1.82) is 0 Å². The van der Waals surface area contributed by atoms with E-state index >= 15 is 0 Å². The first-order valence-corrected chi connectivity index (χ1v) is 5.69. The molecule has 0 radical (unpaired) electrons. The smallest absolute Gasteiger partial charge is 0.138 e. The minimum absolute atomic E-state index is 0.492. The topological polar surface area (TPSA) is 17.1 Å². The largest absolute Gasteiger partial charge is 0.302 e. The quantitative estimate of drug-likeness (QED) is 0.613. The number of benzene rings is 1. The number of aryl methyl sites for hydroxylation is 1. The molecular weight excluding hydrogens is 287 g/mol. The maximum Gasteiger partial charge on any atom is 0.138 e. The highest BCUT2D eigenvalue weighted by molar-refractivity contribution is 9.10. The van der Waals surface area contributed by atoms with Crippen LogP contribution < -0.4 is 0 Å². The zero-order valence-electron chi connectivity index (χ0n) is 7.56. The molecule has 1 atom stereocenters. The van der Waals surface area contributed by atoms with Crippen LogP contribution in [0.2, 0.25) is 5.02 Å². The summed E-state index contributed by atoms with van der Waals surface area (Å²) in [5, 5.41) is 0.197. The summed E-state index contributed by atoms with van der Waals surface area (Å²) in [4.78, 5) is 10.4. The highest BCUT2D eigenvalue weighted by Gasteiger charge is 2.09.